The summed E-state index contributed by atoms with van der Waals surface area (Å²) in [6.45, 7) is 2.63. The van der Waals surface area contributed by atoms with Gasteiger partial charge in [0.2, 0.25) is 0 Å². The molecule has 1 aliphatic heterocycles. The van der Waals surface area contributed by atoms with Gasteiger partial charge in [-0.1, -0.05) is 11.6 Å². The number of fused-ring (bicyclic) bond motifs is 2. The molecule has 0 saturated heterocycles. The molecule has 7 nitrogen and oxygen atoms in total. The third kappa shape index (κ3) is 3.24. The van der Waals surface area contributed by atoms with Crippen molar-refractivity contribution < 1.29 is 4.74 Å². The molecule has 0 aliphatic carbocycles. The molecule has 0 atom stereocenters. The summed E-state index contributed by atoms with van der Waals surface area (Å²) in [7, 11) is 5.35. The van der Waals surface area contributed by atoms with Gasteiger partial charge in [-0.25, -0.2) is 4.98 Å². The second kappa shape index (κ2) is 7.67. The van der Waals surface area contributed by atoms with E-state index in [1.165, 1.54) is 5.56 Å². The molecule has 0 radical (unpaired) electrons. The molecule has 4 heterocycles. The smallest absolute Gasteiger partial charge is 0.253 e. The van der Waals surface area contributed by atoms with Crippen LogP contribution >= 0.6 is 11.6 Å². The standard InChI is InChI=1S/C24H24ClN5O2/c1-14-8-18-20(29(3)24(14)31)11-22(25)27-23(18)30-7-5-6-15-9-17(16-12-26-28(2)13-16)21(32-4)10-19(15)30/h8-13H,5-7H2,1-4H3. The highest BCUT2D eigenvalue weighted by Gasteiger charge is 2.25. The monoisotopic (exact) mass is 449 g/mol. The molecule has 0 amide bonds. The number of rotatable bonds is 3. The first-order valence-electron chi connectivity index (χ1n) is 10.5. The van der Waals surface area contributed by atoms with Crippen LogP contribution in [-0.2, 0) is 20.5 Å². The van der Waals surface area contributed by atoms with Crippen LogP contribution in [0.1, 0.15) is 17.5 Å². The maximum Gasteiger partial charge on any atom is 0.253 e. The number of aromatic nitrogens is 4. The lowest BCUT2D eigenvalue weighted by Gasteiger charge is -2.32. The Hall–Kier alpha value is -3.32. The van der Waals surface area contributed by atoms with Crippen molar-refractivity contribution in [1.82, 2.24) is 19.3 Å². The fourth-order valence-electron chi connectivity index (χ4n) is 4.56. The van der Waals surface area contributed by atoms with E-state index >= 15 is 0 Å². The fourth-order valence-corrected chi connectivity index (χ4v) is 4.74. The van der Waals surface area contributed by atoms with Crippen LogP contribution in [0.5, 0.6) is 5.75 Å². The van der Waals surface area contributed by atoms with Gasteiger partial charge >= 0.3 is 0 Å². The zero-order valence-corrected chi connectivity index (χ0v) is 19.3. The molecule has 0 spiro atoms. The molecule has 1 aromatic carbocycles. The normalized spacial score (nSPS) is 13.5. The van der Waals surface area contributed by atoms with Crippen molar-refractivity contribution in [2.75, 3.05) is 18.6 Å². The summed E-state index contributed by atoms with van der Waals surface area (Å²) in [5.41, 5.74) is 5.70. The van der Waals surface area contributed by atoms with Gasteiger partial charge in [0.1, 0.15) is 16.7 Å². The molecule has 0 N–H and O–H groups in total. The summed E-state index contributed by atoms with van der Waals surface area (Å²) in [6, 6.07) is 7.91. The van der Waals surface area contributed by atoms with E-state index in [0.717, 1.165) is 58.7 Å². The minimum absolute atomic E-state index is 0.0347. The summed E-state index contributed by atoms with van der Waals surface area (Å²) in [6.07, 6.45) is 5.77. The van der Waals surface area contributed by atoms with Gasteiger partial charge in [-0.15, -0.1) is 0 Å². The van der Waals surface area contributed by atoms with Gasteiger partial charge in [0.15, 0.2) is 0 Å². The van der Waals surface area contributed by atoms with Gasteiger partial charge in [0, 0.05) is 66.7 Å². The molecule has 8 heteroatoms. The van der Waals surface area contributed by atoms with Gasteiger partial charge < -0.3 is 14.2 Å². The second-order valence-electron chi connectivity index (χ2n) is 8.23. The quantitative estimate of drug-likeness (QED) is 0.434. The van der Waals surface area contributed by atoms with Gasteiger partial charge in [0.05, 0.1) is 18.8 Å². The molecular weight excluding hydrogens is 426 g/mol. The maximum atomic E-state index is 12.5. The molecule has 5 rings (SSSR count). The number of hydrogen-bond acceptors (Lipinski definition) is 5. The Morgan fingerprint density at radius 2 is 1.97 bits per heavy atom. The summed E-state index contributed by atoms with van der Waals surface area (Å²) in [5.74, 6) is 1.53. The van der Waals surface area contributed by atoms with E-state index in [2.05, 4.69) is 22.1 Å². The van der Waals surface area contributed by atoms with Crippen LogP contribution in [0, 0.1) is 6.92 Å². The predicted molar refractivity (Wildman–Crippen MR) is 127 cm³/mol. The average Bonchev–Trinajstić information content (AvgIpc) is 3.22. The first kappa shape index (κ1) is 20.6. The summed E-state index contributed by atoms with van der Waals surface area (Å²) in [5, 5.41) is 5.57. The number of anilines is 2. The summed E-state index contributed by atoms with van der Waals surface area (Å²) in [4.78, 5) is 19.4. The third-order valence-corrected chi connectivity index (χ3v) is 6.33. The number of ether oxygens (including phenoxy) is 1. The lowest BCUT2D eigenvalue weighted by Crippen LogP contribution is -2.27. The first-order valence-corrected chi connectivity index (χ1v) is 10.9. The van der Waals surface area contributed by atoms with E-state index in [1.54, 1.807) is 29.5 Å². The van der Waals surface area contributed by atoms with E-state index in [0.29, 0.717) is 10.7 Å². The zero-order chi connectivity index (χ0) is 22.6. The molecule has 0 bridgehead atoms. The Morgan fingerprint density at radius 3 is 2.69 bits per heavy atom. The maximum absolute atomic E-state index is 12.5. The van der Waals surface area contributed by atoms with Crippen LogP contribution < -0.4 is 15.2 Å². The summed E-state index contributed by atoms with van der Waals surface area (Å²) >= 11 is 6.41. The third-order valence-electron chi connectivity index (χ3n) is 6.14. The van der Waals surface area contributed by atoms with Crippen LogP contribution in [0.15, 0.2) is 41.5 Å². The van der Waals surface area contributed by atoms with Crippen LogP contribution in [0.25, 0.3) is 22.0 Å². The molecular formula is C24H24ClN5O2. The number of halogens is 1. The van der Waals surface area contributed by atoms with Crippen molar-refractivity contribution in [2.24, 2.45) is 14.1 Å². The molecule has 0 fully saturated rings. The van der Waals surface area contributed by atoms with E-state index in [1.807, 2.05) is 32.4 Å². The molecule has 0 saturated carbocycles. The lowest BCUT2D eigenvalue weighted by atomic mass is 9.96. The van der Waals surface area contributed by atoms with Crippen molar-refractivity contribution in [2.45, 2.75) is 19.8 Å². The van der Waals surface area contributed by atoms with Crippen molar-refractivity contribution in [3.8, 4) is 16.9 Å². The van der Waals surface area contributed by atoms with Crippen molar-refractivity contribution in [3.05, 3.63) is 63.3 Å². The Morgan fingerprint density at radius 1 is 1.16 bits per heavy atom. The van der Waals surface area contributed by atoms with Gasteiger partial charge in [-0.2, -0.15) is 5.10 Å². The molecule has 32 heavy (non-hydrogen) atoms. The highest BCUT2D eigenvalue weighted by molar-refractivity contribution is 6.30. The van der Waals surface area contributed by atoms with Crippen molar-refractivity contribution in [3.63, 3.8) is 0 Å². The number of methoxy groups -OCH3 is 1. The number of hydrogen-bond donors (Lipinski definition) is 0. The lowest BCUT2D eigenvalue weighted by molar-refractivity contribution is 0.416. The Kier molecular flexibility index (Phi) is 4.93. The van der Waals surface area contributed by atoms with Crippen LogP contribution in [-0.4, -0.2) is 33.0 Å². The SMILES string of the molecule is COc1cc2c(cc1-c1cnn(C)c1)CCCN2c1nc(Cl)cc2c1cc(C)c(=O)n2C. The van der Waals surface area contributed by atoms with Crippen molar-refractivity contribution in [1.29, 1.82) is 0 Å². The number of nitrogens with zero attached hydrogens (tertiary/aromatic N) is 5. The second-order valence-corrected chi connectivity index (χ2v) is 8.62. The highest BCUT2D eigenvalue weighted by atomic mass is 35.5. The average molecular weight is 450 g/mol. The number of benzene rings is 1. The van der Waals surface area contributed by atoms with E-state index in [4.69, 9.17) is 21.3 Å². The van der Waals surface area contributed by atoms with E-state index in [-0.39, 0.29) is 5.56 Å². The van der Waals surface area contributed by atoms with Gasteiger partial charge in [-0.3, -0.25) is 9.48 Å². The van der Waals surface area contributed by atoms with Crippen LogP contribution in [0.2, 0.25) is 5.15 Å². The first-order chi connectivity index (χ1) is 15.4. The zero-order valence-electron chi connectivity index (χ0n) is 18.5. The minimum atomic E-state index is -0.0347. The number of pyridine rings is 2. The Balaban J connectivity index is 1.73. The molecule has 0 unspecified atom stereocenters. The highest BCUT2D eigenvalue weighted by Crippen LogP contribution is 2.42. The molecule has 4 aromatic rings. The Labute approximate surface area is 190 Å². The van der Waals surface area contributed by atoms with Crippen LogP contribution in [0.3, 0.4) is 0 Å². The topological polar surface area (TPSA) is 65.2 Å². The predicted octanol–water partition coefficient (Wildman–Crippen LogP) is 4.39. The van der Waals surface area contributed by atoms with Crippen LogP contribution in [0.4, 0.5) is 11.5 Å². The van der Waals surface area contributed by atoms with Crippen molar-refractivity contribution >= 4 is 34.0 Å². The molecule has 3 aromatic heterocycles. The fraction of sp³-hybridized carbons (Fsp3) is 0.292. The molecule has 1 aliphatic rings. The van der Waals surface area contributed by atoms with Gasteiger partial charge in [0.25, 0.3) is 5.56 Å². The number of aryl methyl sites for hydroxylation is 4. The van der Waals surface area contributed by atoms with E-state index < -0.39 is 0 Å². The van der Waals surface area contributed by atoms with Gasteiger partial charge in [-0.05, 0) is 37.5 Å². The molecule has 164 valence electrons. The minimum Gasteiger partial charge on any atom is -0.496 e. The Bertz CT molecular complexity index is 1420. The van der Waals surface area contributed by atoms with E-state index in [9.17, 15) is 4.79 Å². The largest absolute Gasteiger partial charge is 0.496 e. The summed E-state index contributed by atoms with van der Waals surface area (Å²) < 4.78 is 9.19.